The van der Waals surface area contributed by atoms with Crippen molar-refractivity contribution in [3.05, 3.63) is 65.6 Å². The van der Waals surface area contributed by atoms with Crippen LogP contribution in [0.1, 0.15) is 23.2 Å². The number of benzene rings is 1. The second-order valence-electron chi connectivity index (χ2n) is 6.45. The molecular weight excluding hydrogens is 344 g/mol. The molecule has 1 aromatic carbocycles. The van der Waals surface area contributed by atoms with Crippen LogP contribution < -0.4 is 5.32 Å². The summed E-state index contributed by atoms with van der Waals surface area (Å²) in [6, 6.07) is 11.9. The molecule has 3 aromatic rings. The highest BCUT2D eigenvalue weighted by atomic mass is 32.2. The summed E-state index contributed by atoms with van der Waals surface area (Å²) in [7, 11) is -0.859. The number of aromatic nitrogens is 3. The molecule has 0 fully saturated rings. The Morgan fingerprint density at radius 2 is 1.96 bits per heavy atom. The van der Waals surface area contributed by atoms with Gasteiger partial charge in [-0.05, 0) is 49.1 Å². The second kappa shape index (κ2) is 7.33. The van der Waals surface area contributed by atoms with E-state index >= 15 is 0 Å². The molecular formula is C20H20N4OS. The van der Waals surface area contributed by atoms with E-state index in [-0.39, 0.29) is 0 Å². The lowest BCUT2D eigenvalue weighted by molar-refractivity contribution is 0.686. The molecule has 0 saturated heterocycles. The SMILES string of the molecule is CS(=O)Cc1cccc(Nc2nc(-c3ccncc3)nc3c2CCC3)c1. The lowest BCUT2D eigenvalue weighted by atomic mass is 10.2. The van der Waals surface area contributed by atoms with Crippen molar-refractivity contribution in [1.82, 2.24) is 15.0 Å². The van der Waals surface area contributed by atoms with E-state index in [2.05, 4.69) is 10.3 Å². The first-order valence-electron chi connectivity index (χ1n) is 8.65. The summed E-state index contributed by atoms with van der Waals surface area (Å²) < 4.78 is 11.5. The van der Waals surface area contributed by atoms with Gasteiger partial charge in [-0.25, -0.2) is 9.97 Å². The zero-order valence-corrected chi connectivity index (χ0v) is 15.4. The van der Waals surface area contributed by atoms with Gasteiger partial charge in [-0.1, -0.05) is 12.1 Å². The number of nitrogens with one attached hydrogen (secondary N) is 1. The molecule has 132 valence electrons. The van der Waals surface area contributed by atoms with Crippen LogP contribution in [0.3, 0.4) is 0 Å². The van der Waals surface area contributed by atoms with Crippen LogP contribution in [0.4, 0.5) is 11.5 Å². The van der Waals surface area contributed by atoms with Crippen molar-refractivity contribution in [2.75, 3.05) is 11.6 Å². The summed E-state index contributed by atoms with van der Waals surface area (Å²) in [6.07, 6.45) is 8.32. The molecule has 1 aliphatic rings. The maximum absolute atomic E-state index is 11.5. The van der Waals surface area contributed by atoms with E-state index in [9.17, 15) is 4.21 Å². The molecule has 2 aromatic heterocycles. The Balaban J connectivity index is 1.70. The largest absolute Gasteiger partial charge is 0.340 e. The van der Waals surface area contributed by atoms with Crippen molar-refractivity contribution >= 4 is 22.3 Å². The van der Waals surface area contributed by atoms with E-state index in [1.165, 1.54) is 5.56 Å². The molecule has 0 radical (unpaired) electrons. The van der Waals surface area contributed by atoms with Gasteiger partial charge >= 0.3 is 0 Å². The van der Waals surface area contributed by atoms with E-state index in [0.717, 1.165) is 53.4 Å². The van der Waals surface area contributed by atoms with Gasteiger partial charge in [-0.15, -0.1) is 0 Å². The first-order valence-corrected chi connectivity index (χ1v) is 10.4. The molecule has 0 aliphatic heterocycles. The van der Waals surface area contributed by atoms with Crippen molar-refractivity contribution in [3.8, 4) is 11.4 Å². The molecule has 0 spiro atoms. The van der Waals surface area contributed by atoms with E-state index in [1.54, 1.807) is 18.6 Å². The molecule has 2 heterocycles. The average molecular weight is 364 g/mol. The van der Waals surface area contributed by atoms with Crippen molar-refractivity contribution in [1.29, 1.82) is 0 Å². The zero-order valence-electron chi connectivity index (χ0n) is 14.6. The molecule has 0 amide bonds. The predicted molar refractivity (Wildman–Crippen MR) is 105 cm³/mol. The summed E-state index contributed by atoms with van der Waals surface area (Å²) in [4.78, 5) is 13.6. The fraction of sp³-hybridized carbons (Fsp3) is 0.250. The smallest absolute Gasteiger partial charge is 0.161 e. The maximum Gasteiger partial charge on any atom is 0.161 e. The van der Waals surface area contributed by atoms with Gasteiger partial charge in [0.15, 0.2) is 5.82 Å². The van der Waals surface area contributed by atoms with Crippen molar-refractivity contribution in [2.45, 2.75) is 25.0 Å². The third-order valence-electron chi connectivity index (χ3n) is 4.43. The number of fused-ring (bicyclic) bond motifs is 1. The number of pyridine rings is 1. The second-order valence-corrected chi connectivity index (χ2v) is 7.89. The fourth-order valence-corrected chi connectivity index (χ4v) is 3.93. The number of hydrogen-bond acceptors (Lipinski definition) is 5. The third-order valence-corrected chi connectivity index (χ3v) is 5.17. The Labute approximate surface area is 155 Å². The molecule has 5 nitrogen and oxygen atoms in total. The number of anilines is 2. The van der Waals surface area contributed by atoms with Gasteiger partial charge in [-0.2, -0.15) is 0 Å². The van der Waals surface area contributed by atoms with Gasteiger partial charge in [0.2, 0.25) is 0 Å². The van der Waals surface area contributed by atoms with Crippen LogP contribution in [0, 0.1) is 0 Å². The highest BCUT2D eigenvalue weighted by molar-refractivity contribution is 7.83. The number of aryl methyl sites for hydroxylation is 1. The maximum atomic E-state index is 11.5. The van der Waals surface area contributed by atoms with Crippen molar-refractivity contribution in [3.63, 3.8) is 0 Å². The molecule has 1 aliphatic carbocycles. The topological polar surface area (TPSA) is 67.8 Å². The average Bonchev–Trinajstić information content (AvgIpc) is 3.11. The molecule has 26 heavy (non-hydrogen) atoms. The van der Waals surface area contributed by atoms with Crippen LogP contribution in [-0.2, 0) is 29.4 Å². The summed E-state index contributed by atoms with van der Waals surface area (Å²) in [5, 5.41) is 3.46. The monoisotopic (exact) mass is 364 g/mol. The number of nitrogens with zero attached hydrogens (tertiary/aromatic N) is 3. The third kappa shape index (κ3) is 3.65. The Hall–Kier alpha value is -2.60. The minimum absolute atomic E-state index is 0.555. The Kier molecular flexibility index (Phi) is 4.75. The van der Waals surface area contributed by atoms with E-state index < -0.39 is 10.8 Å². The van der Waals surface area contributed by atoms with Gasteiger partial charge in [0, 0.05) is 57.7 Å². The lowest BCUT2D eigenvalue weighted by Crippen LogP contribution is -2.04. The number of hydrogen-bond donors (Lipinski definition) is 1. The lowest BCUT2D eigenvalue weighted by Gasteiger charge is -2.13. The van der Waals surface area contributed by atoms with Crippen LogP contribution in [0.2, 0.25) is 0 Å². The molecule has 6 heteroatoms. The molecule has 4 rings (SSSR count). The molecule has 0 bridgehead atoms. The Morgan fingerprint density at radius 3 is 2.77 bits per heavy atom. The highest BCUT2D eigenvalue weighted by Crippen LogP contribution is 2.31. The molecule has 1 unspecified atom stereocenters. The molecule has 1 atom stereocenters. The number of rotatable bonds is 5. The normalized spacial score (nSPS) is 14.0. The fourth-order valence-electron chi connectivity index (χ4n) is 3.28. The van der Waals surface area contributed by atoms with Crippen LogP contribution >= 0.6 is 0 Å². The minimum Gasteiger partial charge on any atom is -0.340 e. The standard InChI is InChI=1S/C20H20N4OS/c1-26(25)13-14-4-2-5-16(12-14)22-20-17-6-3-7-18(17)23-19(24-20)15-8-10-21-11-9-15/h2,4-5,8-12H,3,6-7,13H2,1H3,(H,22,23,24). The van der Waals surface area contributed by atoms with Gasteiger partial charge in [0.25, 0.3) is 0 Å². The first-order chi connectivity index (χ1) is 12.7. The van der Waals surface area contributed by atoms with E-state index in [0.29, 0.717) is 5.75 Å². The van der Waals surface area contributed by atoms with Gasteiger partial charge in [-0.3, -0.25) is 9.19 Å². The van der Waals surface area contributed by atoms with Crippen LogP contribution in [0.5, 0.6) is 0 Å². The predicted octanol–water partition coefficient (Wildman–Crippen LogP) is 3.65. The van der Waals surface area contributed by atoms with Crippen LogP contribution in [-0.4, -0.2) is 25.4 Å². The highest BCUT2D eigenvalue weighted by Gasteiger charge is 2.20. The minimum atomic E-state index is -0.859. The van der Waals surface area contributed by atoms with E-state index in [4.69, 9.17) is 9.97 Å². The van der Waals surface area contributed by atoms with Gasteiger partial charge in [0.05, 0.1) is 0 Å². The summed E-state index contributed by atoms with van der Waals surface area (Å²) in [5.41, 5.74) is 5.30. The Morgan fingerprint density at radius 1 is 1.12 bits per heavy atom. The summed E-state index contributed by atoms with van der Waals surface area (Å²) in [5.74, 6) is 2.15. The van der Waals surface area contributed by atoms with Gasteiger partial charge in [0.1, 0.15) is 5.82 Å². The quantitative estimate of drug-likeness (QED) is 0.748. The van der Waals surface area contributed by atoms with Crippen molar-refractivity contribution in [2.24, 2.45) is 0 Å². The summed E-state index contributed by atoms with van der Waals surface area (Å²) in [6.45, 7) is 0. The van der Waals surface area contributed by atoms with Crippen LogP contribution in [0.25, 0.3) is 11.4 Å². The zero-order chi connectivity index (χ0) is 17.9. The van der Waals surface area contributed by atoms with Crippen molar-refractivity contribution < 1.29 is 4.21 Å². The Bertz CT molecular complexity index is 959. The van der Waals surface area contributed by atoms with Gasteiger partial charge < -0.3 is 5.32 Å². The van der Waals surface area contributed by atoms with E-state index in [1.807, 2.05) is 36.4 Å². The first kappa shape index (κ1) is 16.8. The summed E-state index contributed by atoms with van der Waals surface area (Å²) >= 11 is 0. The van der Waals surface area contributed by atoms with Crippen LogP contribution in [0.15, 0.2) is 48.8 Å². The molecule has 1 N–H and O–H groups in total. The molecule has 0 saturated carbocycles.